The Morgan fingerprint density at radius 2 is 1.69 bits per heavy atom. The van der Waals surface area contributed by atoms with E-state index in [4.69, 9.17) is 27.9 Å². The molecule has 0 aliphatic rings. The molecule has 0 aliphatic heterocycles. The molecule has 0 saturated heterocycles. The second-order valence-corrected chi connectivity index (χ2v) is 9.90. The fourth-order valence-corrected chi connectivity index (χ4v) is 4.82. The Morgan fingerprint density at radius 1 is 1.00 bits per heavy atom. The van der Waals surface area contributed by atoms with Crippen molar-refractivity contribution in [1.29, 1.82) is 0 Å². The molecule has 186 valence electrons. The van der Waals surface area contributed by atoms with Crippen LogP contribution in [-0.2, 0) is 21.0 Å². The second kappa shape index (κ2) is 10.9. The molecule has 0 fully saturated rings. The van der Waals surface area contributed by atoms with Crippen LogP contribution in [0, 0.1) is 0 Å². The molecule has 0 saturated carbocycles. The fraction of sp³-hybridized carbons (Fsp3) is 0.174. The van der Waals surface area contributed by atoms with Gasteiger partial charge in [0.1, 0.15) is 5.75 Å². The Morgan fingerprint density at radius 3 is 2.31 bits per heavy atom. The smallest absolute Gasteiger partial charge is 0.417 e. The highest BCUT2D eigenvalue weighted by Gasteiger charge is 2.33. The first-order valence-corrected chi connectivity index (χ1v) is 12.3. The predicted octanol–water partition coefficient (Wildman–Crippen LogP) is 6.07. The summed E-state index contributed by atoms with van der Waals surface area (Å²) in [7, 11) is -3.91. The normalized spacial score (nSPS) is 12.7. The van der Waals surface area contributed by atoms with Crippen molar-refractivity contribution < 1.29 is 31.1 Å². The first kappa shape index (κ1) is 26.8. The molecular formula is C23H19Cl2F3N2O4S. The van der Waals surface area contributed by atoms with Crippen molar-refractivity contribution in [1.82, 2.24) is 4.72 Å². The van der Waals surface area contributed by atoms with Gasteiger partial charge in [0.2, 0.25) is 10.0 Å². The first-order valence-electron chi connectivity index (χ1n) is 10.0. The first-order chi connectivity index (χ1) is 16.4. The number of amides is 1. The van der Waals surface area contributed by atoms with E-state index in [9.17, 15) is 26.4 Å². The second-order valence-electron chi connectivity index (χ2n) is 7.38. The van der Waals surface area contributed by atoms with E-state index in [2.05, 4.69) is 10.0 Å². The molecule has 6 nitrogen and oxygen atoms in total. The number of anilines is 1. The summed E-state index contributed by atoms with van der Waals surface area (Å²) in [4.78, 5) is 12.0. The zero-order valence-corrected chi connectivity index (χ0v) is 20.4. The van der Waals surface area contributed by atoms with Crippen LogP contribution < -0.4 is 14.8 Å². The molecule has 0 bridgehead atoms. The maximum absolute atomic E-state index is 13.0. The number of sulfonamides is 1. The van der Waals surface area contributed by atoms with E-state index in [-0.39, 0.29) is 21.4 Å². The third-order valence-electron chi connectivity index (χ3n) is 4.76. The lowest BCUT2D eigenvalue weighted by atomic mass is 10.1. The molecular weight excluding hydrogens is 528 g/mol. The number of hydrogen-bond acceptors (Lipinski definition) is 4. The van der Waals surface area contributed by atoms with Gasteiger partial charge in [-0.3, -0.25) is 4.79 Å². The van der Waals surface area contributed by atoms with Crippen LogP contribution in [-0.4, -0.2) is 20.9 Å². The molecule has 3 aromatic carbocycles. The van der Waals surface area contributed by atoms with Crippen LogP contribution in [0.5, 0.6) is 5.75 Å². The maximum atomic E-state index is 13.0. The number of rotatable bonds is 8. The van der Waals surface area contributed by atoms with Gasteiger partial charge in [-0.1, -0.05) is 53.5 Å². The highest BCUT2D eigenvalue weighted by Crippen LogP contribution is 2.36. The predicted molar refractivity (Wildman–Crippen MR) is 127 cm³/mol. The third kappa shape index (κ3) is 7.11. The molecule has 2 N–H and O–H groups in total. The Bertz CT molecular complexity index is 1320. The minimum Gasteiger partial charge on any atom is -0.482 e. The molecule has 0 radical (unpaired) electrons. The molecule has 1 amide bonds. The third-order valence-corrected chi connectivity index (χ3v) is 6.92. The van der Waals surface area contributed by atoms with E-state index < -0.39 is 45.3 Å². The number of carbonyl (C=O) groups is 1. The van der Waals surface area contributed by atoms with Crippen LogP contribution in [0.15, 0.2) is 71.6 Å². The Labute approximate surface area is 210 Å². The molecule has 12 heteroatoms. The van der Waals surface area contributed by atoms with Crippen LogP contribution >= 0.6 is 23.2 Å². The van der Waals surface area contributed by atoms with Gasteiger partial charge in [-0.2, -0.15) is 13.2 Å². The number of halogens is 5. The van der Waals surface area contributed by atoms with Gasteiger partial charge < -0.3 is 10.1 Å². The number of ether oxygens (including phenoxy) is 1. The monoisotopic (exact) mass is 546 g/mol. The van der Waals surface area contributed by atoms with Gasteiger partial charge in [0.25, 0.3) is 5.91 Å². The quantitative estimate of drug-likeness (QED) is 0.359. The van der Waals surface area contributed by atoms with Crippen LogP contribution in [0.4, 0.5) is 18.9 Å². The van der Waals surface area contributed by atoms with E-state index in [0.717, 1.165) is 11.6 Å². The summed E-state index contributed by atoms with van der Waals surface area (Å²) >= 11 is 11.7. The fourth-order valence-electron chi connectivity index (χ4n) is 3.04. The van der Waals surface area contributed by atoms with Crippen molar-refractivity contribution in [2.75, 3.05) is 11.9 Å². The standard InChI is InChI=1S/C23H19Cl2F3N2O4S/c1-14(15-5-3-2-4-6-15)30-35(32,33)17-8-10-21(20(25)12-17)34-13-22(31)29-16-7-9-19(24)18(11-16)23(26,27)28/h2-12,14,30H,13H2,1H3,(H,29,31)/t14-/m0/s1. The van der Waals surface area contributed by atoms with Crippen molar-refractivity contribution >= 4 is 44.8 Å². The Kier molecular flexibility index (Phi) is 8.32. The summed E-state index contributed by atoms with van der Waals surface area (Å²) in [6.07, 6.45) is -4.68. The Balaban J connectivity index is 1.64. The summed E-state index contributed by atoms with van der Waals surface area (Å²) in [5.41, 5.74) is -0.439. The van der Waals surface area contributed by atoms with Crippen molar-refractivity contribution in [3.63, 3.8) is 0 Å². The number of nitrogens with one attached hydrogen (secondary N) is 2. The molecule has 1 atom stereocenters. The van der Waals surface area contributed by atoms with Crippen LogP contribution in [0.1, 0.15) is 24.1 Å². The van der Waals surface area contributed by atoms with Gasteiger partial charge in [-0.15, -0.1) is 0 Å². The summed E-state index contributed by atoms with van der Waals surface area (Å²) in [5, 5.41) is 1.70. The lowest BCUT2D eigenvalue weighted by molar-refractivity contribution is -0.137. The highest BCUT2D eigenvalue weighted by molar-refractivity contribution is 7.89. The van der Waals surface area contributed by atoms with E-state index in [1.165, 1.54) is 24.3 Å². The largest absolute Gasteiger partial charge is 0.482 e. The molecule has 0 aromatic heterocycles. The zero-order chi connectivity index (χ0) is 25.8. The maximum Gasteiger partial charge on any atom is 0.417 e. The van der Waals surface area contributed by atoms with Gasteiger partial charge in [0.15, 0.2) is 6.61 Å². The number of hydrogen-bond donors (Lipinski definition) is 2. The summed E-state index contributed by atoms with van der Waals surface area (Å²) in [6, 6.07) is 15.1. The van der Waals surface area contributed by atoms with Crippen LogP contribution in [0.3, 0.4) is 0 Å². The van der Waals surface area contributed by atoms with Gasteiger partial charge in [0, 0.05) is 11.7 Å². The molecule has 0 spiro atoms. The molecule has 0 unspecified atom stereocenters. The SMILES string of the molecule is C[C@H](NS(=O)(=O)c1ccc(OCC(=O)Nc2ccc(Cl)c(C(F)(F)F)c2)c(Cl)c1)c1ccccc1. The van der Waals surface area contributed by atoms with Crippen molar-refractivity contribution in [2.24, 2.45) is 0 Å². The summed E-state index contributed by atoms with van der Waals surface area (Å²) in [6.45, 7) is 1.11. The van der Waals surface area contributed by atoms with Gasteiger partial charge in [0.05, 0.1) is 20.5 Å². The molecule has 3 rings (SSSR count). The number of alkyl halides is 3. The number of carbonyl (C=O) groups excluding carboxylic acids is 1. The lowest BCUT2D eigenvalue weighted by Crippen LogP contribution is -2.27. The molecule has 3 aromatic rings. The zero-order valence-electron chi connectivity index (χ0n) is 18.1. The van der Waals surface area contributed by atoms with E-state index in [0.29, 0.717) is 6.07 Å². The van der Waals surface area contributed by atoms with Gasteiger partial charge in [-0.05, 0) is 48.9 Å². The van der Waals surface area contributed by atoms with Gasteiger partial charge >= 0.3 is 6.18 Å². The minimum absolute atomic E-state index is 0.0176. The summed E-state index contributed by atoms with van der Waals surface area (Å²) < 4.78 is 72.2. The average Bonchev–Trinajstić information content (AvgIpc) is 2.79. The van der Waals surface area contributed by atoms with Crippen molar-refractivity contribution in [3.05, 3.63) is 87.9 Å². The van der Waals surface area contributed by atoms with E-state index in [1.54, 1.807) is 31.2 Å². The van der Waals surface area contributed by atoms with Crippen LogP contribution in [0.25, 0.3) is 0 Å². The molecule has 0 aliphatic carbocycles. The van der Waals surface area contributed by atoms with E-state index >= 15 is 0 Å². The van der Waals surface area contributed by atoms with E-state index in [1.807, 2.05) is 6.07 Å². The molecule has 35 heavy (non-hydrogen) atoms. The van der Waals surface area contributed by atoms with Gasteiger partial charge in [-0.25, -0.2) is 13.1 Å². The highest BCUT2D eigenvalue weighted by atomic mass is 35.5. The van der Waals surface area contributed by atoms with Crippen molar-refractivity contribution in [3.8, 4) is 5.75 Å². The van der Waals surface area contributed by atoms with Crippen LogP contribution in [0.2, 0.25) is 10.0 Å². The van der Waals surface area contributed by atoms with Crippen molar-refractivity contribution in [2.45, 2.75) is 24.0 Å². The lowest BCUT2D eigenvalue weighted by Gasteiger charge is -2.15. The Hall–Kier alpha value is -2.79. The minimum atomic E-state index is -4.68. The molecule has 0 heterocycles. The average molecular weight is 547 g/mol. The topological polar surface area (TPSA) is 84.5 Å². The summed E-state index contributed by atoms with van der Waals surface area (Å²) in [5.74, 6) is -0.740. The number of benzene rings is 3.